The molecule has 3 aromatic rings. The molecule has 0 aromatic heterocycles. The fraction of sp³-hybridized carbons (Fsp3) is 0.0526. The zero-order valence-electron chi connectivity index (χ0n) is 14.3. The van der Waals surface area contributed by atoms with Gasteiger partial charge in [0.05, 0.1) is 5.02 Å². The van der Waals surface area contributed by atoms with Gasteiger partial charge in [0.25, 0.3) is 10.1 Å². The fourth-order valence-electron chi connectivity index (χ4n) is 3.18. The Labute approximate surface area is 186 Å². The summed E-state index contributed by atoms with van der Waals surface area (Å²) in [5.74, 6) is -0.779. The first-order valence-electron chi connectivity index (χ1n) is 7.89. The van der Waals surface area contributed by atoms with Gasteiger partial charge in [0.1, 0.15) is 16.5 Å². The first-order valence-corrected chi connectivity index (χ1v) is 10.8. The number of hydrogen-bond donors (Lipinski definition) is 3. The van der Waals surface area contributed by atoms with Crippen LogP contribution in [0.5, 0.6) is 11.5 Å². The van der Waals surface area contributed by atoms with Crippen molar-refractivity contribution in [2.75, 3.05) is 0 Å². The summed E-state index contributed by atoms with van der Waals surface area (Å²) in [5, 5.41) is 19.9. The van der Waals surface area contributed by atoms with Crippen LogP contribution in [0.3, 0.4) is 0 Å². The Balaban J connectivity index is 2.61. The summed E-state index contributed by atoms with van der Waals surface area (Å²) in [6, 6.07) is 11.5. The van der Waals surface area contributed by atoms with Gasteiger partial charge in [0.2, 0.25) is 0 Å². The van der Waals surface area contributed by atoms with Gasteiger partial charge in [-0.15, -0.1) is 0 Å². The molecule has 29 heavy (non-hydrogen) atoms. The molecule has 0 aliphatic heterocycles. The van der Waals surface area contributed by atoms with E-state index in [2.05, 4.69) is 0 Å². The van der Waals surface area contributed by atoms with Gasteiger partial charge < -0.3 is 10.2 Å². The van der Waals surface area contributed by atoms with Crippen LogP contribution in [0.4, 0.5) is 0 Å². The van der Waals surface area contributed by atoms with E-state index >= 15 is 0 Å². The molecule has 0 saturated heterocycles. The van der Waals surface area contributed by atoms with Crippen LogP contribution in [0.25, 0.3) is 0 Å². The third-order valence-electron chi connectivity index (χ3n) is 4.36. The van der Waals surface area contributed by atoms with Crippen LogP contribution in [-0.4, -0.2) is 23.2 Å². The largest absolute Gasteiger partial charge is 0.508 e. The van der Waals surface area contributed by atoms with E-state index in [0.717, 1.165) is 12.1 Å². The zero-order chi connectivity index (χ0) is 21.6. The van der Waals surface area contributed by atoms with Crippen LogP contribution in [0, 0.1) is 0 Å². The van der Waals surface area contributed by atoms with Crippen molar-refractivity contribution in [2.45, 2.75) is 4.75 Å². The van der Waals surface area contributed by atoms with E-state index in [1.807, 2.05) is 0 Å². The van der Waals surface area contributed by atoms with E-state index in [1.54, 1.807) is 0 Å². The summed E-state index contributed by atoms with van der Waals surface area (Å²) in [5.41, 5.74) is -0.346. The minimum atomic E-state index is -5.06. The molecule has 3 aromatic carbocycles. The van der Waals surface area contributed by atoms with E-state index in [-0.39, 0.29) is 42.5 Å². The van der Waals surface area contributed by atoms with Crippen molar-refractivity contribution in [1.29, 1.82) is 0 Å². The number of hydrogen-bond acceptors (Lipinski definition) is 4. The topological polar surface area (TPSA) is 94.8 Å². The van der Waals surface area contributed by atoms with Crippen molar-refractivity contribution in [1.82, 2.24) is 0 Å². The highest BCUT2D eigenvalue weighted by Crippen LogP contribution is 2.49. The molecule has 0 radical (unpaired) electrons. The van der Waals surface area contributed by atoms with E-state index in [1.165, 1.54) is 42.5 Å². The van der Waals surface area contributed by atoms with Crippen LogP contribution >= 0.6 is 46.4 Å². The third kappa shape index (κ3) is 3.77. The number of benzene rings is 3. The number of halogens is 4. The molecule has 10 heteroatoms. The summed E-state index contributed by atoms with van der Waals surface area (Å²) in [4.78, 5) is 0. The van der Waals surface area contributed by atoms with Gasteiger partial charge in [-0.2, -0.15) is 8.42 Å². The predicted octanol–water partition coefficient (Wildman–Crippen LogP) is 5.89. The maximum absolute atomic E-state index is 13.0. The maximum Gasteiger partial charge on any atom is 0.283 e. The molecule has 5 nitrogen and oxygen atoms in total. The minimum absolute atomic E-state index is 0.0408. The van der Waals surface area contributed by atoms with E-state index in [4.69, 9.17) is 46.4 Å². The predicted molar refractivity (Wildman–Crippen MR) is 114 cm³/mol. The Morgan fingerprint density at radius 3 is 2.07 bits per heavy atom. The molecule has 152 valence electrons. The van der Waals surface area contributed by atoms with E-state index in [0.29, 0.717) is 0 Å². The lowest BCUT2D eigenvalue weighted by Crippen LogP contribution is -2.38. The molecule has 0 amide bonds. The summed E-state index contributed by atoms with van der Waals surface area (Å²) in [6.45, 7) is 0. The summed E-state index contributed by atoms with van der Waals surface area (Å²) < 4.78 is 34.0. The molecule has 0 heterocycles. The van der Waals surface area contributed by atoms with Gasteiger partial charge in [0, 0.05) is 15.6 Å². The molecule has 0 spiro atoms. The van der Waals surface area contributed by atoms with Crippen molar-refractivity contribution in [3.05, 3.63) is 91.4 Å². The average molecular weight is 494 g/mol. The molecule has 0 saturated carbocycles. The third-order valence-corrected chi connectivity index (χ3v) is 7.18. The Hall–Kier alpha value is -1.67. The monoisotopic (exact) mass is 492 g/mol. The quantitative estimate of drug-likeness (QED) is 0.311. The molecule has 0 aliphatic carbocycles. The molecule has 1 atom stereocenters. The Kier molecular flexibility index (Phi) is 5.98. The van der Waals surface area contributed by atoms with Crippen molar-refractivity contribution < 1.29 is 23.2 Å². The normalized spacial score (nSPS) is 13.8. The second-order valence-electron chi connectivity index (χ2n) is 6.12. The lowest BCUT2D eigenvalue weighted by molar-refractivity contribution is 0.455. The van der Waals surface area contributed by atoms with E-state index < -0.39 is 20.6 Å². The van der Waals surface area contributed by atoms with Gasteiger partial charge in [0.15, 0.2) is 4.75 Å². The lowest BCUT2D eigenvalue weighted by atomic mass is 9.83. The second-order valence-corrected chi connectivity index (χ2v) is 9.31. The SMILES string of the molecule is O=S(=O)(O)C(c1cccc(O)c1)(c1cc(O)c(Cl)c(Cl)c1)c1cc(Cl)ccc1Cl. The smallest absolute Gasteiger partial charge is 0.283 e. The van der Waals surface area contributed by atoms with Crippen molar-refractivity contribution in [3.63, 3.8) is 0 Å². The Bertz CT molecular complexity index is 1190. The van der Waals surface area contributed by atoms with E-state index in [9.17, 15) is 23.2 Å². The summed E-state index contributed by atoms with van der Waals surface area (Å²) in [6.07, 6.45) is 0. The van der Waals surface area contributed by atoms with Crippen LogP contribution in [-0.2, 0) is 14.9 Å². The molecular formula is C19H12Cl4O5S. The lowest BCUT2D eigenvalue weighted by Gasteiger charge is -2.33. The van der Waals surface area contributed by atoms with Crippen molar-refractivity contribution in [2.24, 2.45) is 0 Å². The van der Waals surface area contributed by atoms with Gasteiger partial charge in [-0.05, 0) is 53.6 Å². The first kappa shape index (κ1) is 22.0. The van der Waals surface area contributed by atoms with Gasteiger partial charge in [-0.1, -0.05) is 58.5 Å². The maximum atomic E-state index is 13.0. The standard InChI is InChI=1S/C19H12Cl4O5S/c20-12-4-5-15(21)14(9-12)19(29(26,27)28,10-2-1-3-13(24)6-10)11-7-16(22)18(23)17(25)8-11/h1-9,24-25H,(H,26,27,28). The van der Waals surface area contributed by atoms with Crippen LogP contribution in [0.15, 0.2) is 54.6 Å². The highest BCUT2D eigenvalue weighted by molar-refractivity contribution is 7.87. The fourth-order valence-corrected chi connectivity index (χ4v) is 5.28. The number of phenolic OH excluding ortho intramolecular Hbond substituents is 2. The second kappa shape index (κ2) is 7.87. The highest BCUT2D eigenvalue weighted by atomic mass is 35.5. The van der Waals surface area contributed by atoms with Crippen molar-refractivity contribution in [3.8, 4) is 11.5 Å². The summed E-state index contributed by atoms with van der Waals surface area (Å²) >= 11 is 24.4. The molecule has 1 unspecified atom stereocenters. The highest BCUT2D eigenvalue weighted by Gasteiger charge is 2.50. The number of rotatable bonds is 4. The van der Waals surface area contributed by atoms with Crippen molar-refractivity contribution >= 4 is 56.5 Å². The van der Waals surface area contributed by atoms with Crippen LogP contribution in [0.1, 0.15) is 16.7 Å². The summed E-state index contributed by atoms with van der Waals surface area (Å²) in [7, 11) is -5.06. The molecule has 3 N–H and O–H groups in total. The van der Waals surface area contributed by atoms with Gasteiger partial charge >= 0.3 is 0 Å². The number of phenols is 2. The number of aromatic hydroxyl groups is 2. The van der Waals surface area contributed by atoms with Crippen LogP contribution < -0.4 is 0 Å². The Morgan fingerprint density at radius 2 is 1.48 bits per heavy atom. The first-order chi connectivity index (χ1) is 13.5. The molecule has 3 rings (SSSR count). The molecule has 0 fully saturated rings. The molecular weight excluding hydrogens is 482 g/mol. The molecule has 0 bridgehead atoms. The zero-order valence-corrected chi connectivity index (χ0v) is 18.1. The Morgan fingerprint density at radius 1 is 0.793 bits per heavy atom. The van der Waals surface area contributed by atoms with Gasteiger partial charge in [-0.25, -0.2) is 0 Å². The van der Waals surface area contributed by atoms with Gasteiger partial charge in [-0.3, -0.25) is 4.55 Å². The molecule has 0 aliphatic rings. The van der Waals surface area contributed by atoms with Crippen LogP contribution in [0.2, 0.25) is 20.1 Å². The average Bonchev–Trinajstić information content (AvgIpc) is 2.62. The minimum Gasteiger partial charge on any atom is -0.508 e.